The Labute approximate surface area is 180 Å². The van der Waals surface area contributed by atoms with Gasteiger partial charge in [-0.15, -0.1) is 11.3 Å². The smallest absolute Gasteiger partial charge is 0.333 e. The maximum absolute atomic E-state index is 13.0. The van der Waals surface area contributed by atoms with E-state index >= 15 is 0 Å². The zero-order chi connectivity index (χ0) is 20.8. The zero-order valence-corrected chi connectivity index (χ0v) is 18.3. The van der Waals surface area contributed by atoms with Gasteiger partial charge in [-0.3, -0.25) is 14.2 Å². The number of hydrogen-bond donors (Lipinski definition) is 0. The lowest BCUT2D eigenvalue weighted by atomic mass is 10.2. The highest BCUT2D eigenvalue weighted by Crippen LogP contribution is 2.10. The average molecular weight is 481 g/mol. The second-order valence-corrected chi connectivity index (χ2v) is 8.26. The Morgan fingerprint density at radius 2 is 1.93 bits per heavy atom. The standard InChI is InChI=1S/C20H21BrN2O5S/c1-2-28-19(25)12-18-23(13-17(24)22-7-9-27-10-8-22)20(26)16(29-18)11-14-3-5-15(21)6-4-14/h3-6,11-12H,2,7-10,13H2,1H3. The van der Waals surface area contributed by atoms with Crippen LogP contribution in [0.1, 0.15) is 12.5 Å². The fourth-order valence-electron chi connectivity index (χ4n) is 2.84. The summed E-state index contributed by atoms with van der Waals surface area (Å²) in [4.78, 5) is 39.3. The lowest BCUT2D eigenvalue weighted by Crippen LogP contribution is -2.45. The van der Waals surface area contributed by atoms with Gasteiger partial charge in [0.25, 0.3) is 5.56 Å². The second kappa shape index (κ2) is 10.00. The first-order valence-corrected chi connectivity index (χ1v) is 10.8. The number of hydrogen-bond acceptors (Lipinski definition) is 6. The summed E-state index contributed by atoms with van der Waals surface area (Å²) in [7, 11) is 0. The van der Waals surface area contributed by atoms with Crippen LogP contribution in [0.5, 0.6) is 0 Å². The van der Waals surface area contributed by atoms with Gasteiger partial charge >= 0.3 is 5.97 Å². The van der Waals surface area contributed by atoms with Crippen molar-refractivity contribution in [3.63, 3.8) is 0 Å². The summed E-state index contributed by atoms with van der Waals surface area (Å²) >= 11 is 4.54. The lowest BCUT2D eigenvalue weighted by Gasteiger charge is -2.26. The molecule has 29 heavy (non-hydrogen) atoms. The number of thiazole rings is 1. The van der Waals surface area contributed by atoms with Gasteiger partial charge < -0.3 is 14.4 Å². The minimum Gasteiger partial charge on any atom is -0.463 e. The van der Waals surface area contributed by atoms with Gasteiger partial charge in [0.2, 0.25) is 5.91 Å². The van der Waals surface area contributed by atoms with E-state index in [4.69, 9.17) is 9.47 Å². The number of carbonyl (C=O) groups excluding carboxylic acids is 2. The molecule has 1 aliphatic heterocycles. The summed E-state index contributed by atoms with van der Waals surface area (Å²) in [6.07, 6.45) is 3.01. The van der Waals surface area contributed by atoms with Gasteiger partial charge in [0, 0.05) is 17.6 Å². The number of ether oxygens (including phenoxy) is 2. The van der Waals surface area contributed by atoms with Crippen molar-refractivity contribution in [3.8, 4) is 0 Å². The molecule has 0 saturated carbocycles. The van der Waals surface area contributed by atoms with Crippen LogP contribution in [-0.2, 0) is 25.6 Å². The molecular formula is C20H21BrN2O5S. The SMILES string of the molecule is CCOC(=O)C=c1sc(=Cc2ccc(Br)cc2)c(=O)n1CC(=O)N1CCOCC1. The van der Waals surface area contributed by atoms with Crippen molar-refractivity contribution < 1.29 is 19.1 Å². The van der Waals surface area contributed by atoms with Gasteiger partial charge in [0.15, 0.2) is 0 Å². The number of rotatable bonds is 5. The van der Waals surface area contributed by atoms with Crippen molar-refractivity contribution >= 4 is 51.3 Å². The molecule has 1 aliphatic rings. The van der Waals surface area contributed by atoms with Crippen LogP contribution < -0.4 is 14.8 Å². The monoisotopic (exact) mass is 480 g/mol. The number of carbonyl (C=O) groups is 2. The highest BCUT2D eigenvalue weighted by atomic mass is 79.9. The molecule has 9 heteroatoms. The number of morpholine rings is 1. The van der Waals surface area contributed by atoms with E-state index in [9.17, 15) is 14.4 Å². The Bertz CT molecular complexity index is 1050. The largest absolute Gasteiger partial charge is 0.463 e. The number of benzene rings is 1. The minimum atomic E-state index is -0.545. The summed E-state index contributed by atoms with van der Waals surface area (Å²) in [5.74, 6) is -0.724. The van der Waals surface area contributed by atoms with Gasteiger partial charge in [-0.25, -0.2) is 4.79 Å². The minimum absolute atomic E-state index is 0.130. The molecule has 1 fully saturated rings. The van der Waals surface area contributed by atoms with Crippen molar-refractivity contribution in [2.75, 3.05) is 32.9 Å². The highest BCUT2D eigenvalue weighted by molar-refractivity contribution is 9.10. The second-order valence-electron chi connectivity index (χ2n) is 6.28. The molecule has 1 saturated heterocycles. The van der Waals surface area contributed by atoms with Crippen LogP contribution in [-0.4, -0.2) is 54.3 Å². The fourth-order valence-corrected chi connectivity index (χ4v) is 4.13. The normalized spacial score (nSPS) is 15.6. The molecule has 1 aromatic carbocycles. The molecular weight excluding hydrogens is 460 g/mol. The maximum Gasteiger partial charge on any atom is 0.333 e. The third-order valence-electron chi connectivity index (χ3n) is 4.29. The molecule has 0 unspecified atom stereocenters. The number of amides is 1. The van der Waals surface area contributed by atoms with E-state index in [1.807, 2.05) is 24.3 Å². The summed E-state index contributed by atoms with van der Waals surface area (Å²) in [6, 6.07) is 7.51. The molecule has 0 radical (unpaired) electrons. The van der Waals surface area contributed by atoms with Gasteiger partial charge in [0.05, 0.1) is 30.4 Å². The Morgan fingerprint density at radius 3 is 2.59 bits per heavy atom. The molecule has 3 rings (SSSR count). The zero-order valence-electron chi connectivity index (χ0n) is 15.9. The van der Waals surface area contributed by atoms with E-state index < -0.39 is 5.97 Å². The van der Waals surface area contributed by atoms with E-state index in [2.05, 4.69) is 15.9 Å². The van der Waals surface area contributed by atoms with Gasteiger partial charge in [-0.1, -0.05) is 28.1 Å². The molecule has 7 nitrogen and oxygen atoms in total. The van der Waals surface area contributed by atoms with Gasteiger partial charge in [-0.05, 0) is 30.7 Å². The lowest BCUT2D eigenvalue weighted by molar-refractivity contribution is -0.136. The Kier molecular flexibility index (Phi) is 7.40. The van der Waals surface area contributed by atoms with Crippen molar-refractivity contribution in [1.29, 1.82) is 0 Å². The van der Waals surface area contributed by atoms with Crippen LogP contribution in [0.3, 0.4) is 0 Å². The van der Waals surface area contributed by atoms with Crippen LogP contribution in [0.4, 0.5) is 0 Å². The van der Waals surface area contributed by atoms with Crippen LogP contribution in [0, 0.1) is 0 Å². The number of esters is 1. The molecule has 0 bridgehead atoms. The van der Waals surface area contributed by atoms with Crippen LogP contribution in [0.2, 0.25) is 0 Å². The predicted octanol–water partition coefficient (Wildman–Crippen LogP) is 0.704. The summed E-state index contributed by atoms with van der Waals surface area (Å²) in [5, 5.41) is 0. The molecule has 0 aliphatic carbocycles. The van der Waals surface area contributed by atoms with Gasteiger partial charge in [0.1, 0.15) is 11.2 Å². The number of halogens is 1. The van der Waals surface area contributed by atoms with Gasteiger partial charge in [-0.2, -0.15) is 0 Å². The van der Waals surface area contributed by atoms with E-state index in [1.54, 1.807) is 17.9 Å². The topological polar surface area (TPSA) is 77.8 Å². The fraction of sp³-hybridized carbons (Fsp3) is 0.350. The Balaban J connectivity index is 2.01. The van der Waals surface area contributed by atoms with Crippen molar-refractivity contribution in [1.82, 2.24) is 9.47 Å². The third-order valence-corrected chi connectivity index (χ3v) is 5.88. The molecule has 0 spiro atoms. The first-order valence-electron chi connectivity index (χ1n) is 9.19. The Hall–Kier alpha value is -2.23. The van der Waals surface area contributed by atoms with Crippen LogP contribution in [0.15, 0.2) is 33.5 Å². The quantitative estimate of drug-likeness (QED) is 0.588. The molecule has 2 heterocycles. The highest BCUT2D eigenvalue weighted by Gasteiger charge is 2.19. The molecule has 2 aromatic rings. The molecule has 0 atom stereocenters. The third kappa shape index (κ3) is 5.65. The molecule has 1 amide bonds. The maximum atomic E-state index is 13.0. The van der Waals surface area contributed by atoms with Crippen LogP contribution in [0.25, 0.3) is 12.2 Å². The van der Waals surface area contributed by atoms with Crippen LogP contribution >= 0.6 is 27.3 Å². The molecule has 0 N–H and O–H groups in total. The Morgan fingerprint density at radius 1 is 1.24 bits per heavy atom. The first kappa shape index (κ1) is 21.5. The predicted molar refractivity (Wildman–Crippen MR) is 114 cm³/mol. The summed E-state index contributed by atoms with van der Waals surface area (Å²) in [5.41, 5.74) is 0.538. The van der Waals surface area contributed by atoms with E-state index in [0.29, 0.717) is 35.5 Å². The van der Waals surface area contributed by atoms with Crippen molar-refractivity contribution in [3.05, 3.63) is 53.9 Å². The molecule has 154 valence electrons. The summed E-state index contributed by atoms with van der Waals surface area (Å²) < 4.78 is 13.3. The number of aromatic nitrogens is 1. The van der Waals surface area contributed by atoms with E-state index in [-0.39, 0.29) is 24.6 Å². The van der Waals surface area contributed by atoms with Crippen molar-refractivity contribution in [2.45, 2.75) is 13.5 Å². The number of nitrogens with zero attached hydrogens (tertiary/aromatic N) is 2. The van der Waals surface area contributed by atoms with Crippen molar-refractivity contribution in [2.24, 2.45) is 0 Å². The average Bonchev–Trinajstić information content (AvgIpc) is 2.99. The summed E-state index contributed by atoms with van der Waals surface area (Å²) in [6.45, 7) is 3.76. The first-order chi connectivity index (χ1) is 14.0. The van der Waals surface area contributed by atoms with E-state index in [1.165, 1.54) is 10.6 Å². The van der Waals surface area contributed by atoms with E-state index in [0.717, 1.165) is 21.4 Å². The molecule has 1 aromatic heterocycles.